The predicted molar refractivity (Wildman–Crippen MR) is 95.1 cm³/mol. The molecular weight excluding hydrogens is 358 g/mol. The Hall–Kier alpha value is -0.610. The molecule has 2 fully saturated rings. The van der Waals surface area contributed by atoms with E-state index < -0.39 is 4.75 Å². The van der Waals surface area contributed by atoms with E-state index >= 15 is 0 Å². The summed E-state index contributed by atoms with van der Waals surface area (Å²) in [5, 5.41) is 1.06. The van der Waals surface area contributed by atoms with Crippen molar-refractivity contribution in [3.63, 3.8) is 0 Å². The molecule has 1 aliphatic heterocycles. The van der Waals surface area contributed by atoms with Crippen LogP contribution >= 0.6 is 27.7 Å². The number of carbonyl (C=O) groups excluding carboxylic acids is 1. The first-order valence-electron chi connectivity index (χ1n) is 8.11. The fourth-order valence-corrected chi connectivity index (χ4v) is 5.96. The van der Waals surface area contributed by atoms with Crippen LogP contribution in [-0.2, 0) is 9.54 Å². The molecule has 1 amide bonds. The molecule has 3 aliphatic rings. The van der Waals surface area contributed by atoms with Gasteiger partial charge in [0.25, 0.3) is 5.91 Å². The quantitative estimate of drug-likeness (QED) is 0.727. The van der Waals surface area contributed by atoms with Gasteiger partial charge in [-0.1, -0.05) is 46.2 Å². The summed E-state index contributed by atoms with van der Waals surface area (Å²) < 4.78 is 0.506. The van der Waals surface area contributed by atoms with Crippen molar-refractivity contribution in [2.45, 2.75) is 43.8 Å². The standard InChI is InChI=1S/C18H20BrNOS/c1-18(14-4-6-15(19)7-5-14)17(21)20-16(22-18)10-13-9-11-2-3-12(13)8-11/h4-7,11-13H,2-3,8-10H2,1H3. The van der Waals surface area contributed by atoms with E-state index in [0.717, 1.165) is 39.3 Å². The van der Waals surface area contributed by atoms with Crippen LogP contribution in [0.2, 0.25) is 0 Å². The van der Waals surface area contributed by atoms with E-state index in [9.17, 15) is 4.79 Å². The lowest BCUT2D eigenvalue weighted by Gasteiger charge is -2.23. The number of benzene rings is 1. The van der Waals surface area contributed by atoms with Crippen LogP contribution in [0.3, 0.4) is 0 Å². The number of carbonyl (C=O) groups is 1. The number of nitrogens with zero attached hydrogens (tertiary/aromatic N) is 1. The van der Waals surface area contributed by atoms with Crippen LogP contribution in [0, 0.1) is 17.8 Å². The van der Waals surface area contributed by atoms with Crippen molar-refractivity contribution in [3.05, 3.63) is 34.3 Å². The molecule has 4 heteroatoms. The zero-order valence-electron chi connectivity index (χ0n) is 12.7. The van der Waals surface area contributed by atoms with Gasteiger partial charge in [-0.25, -0.2) is 4.99 Å². The van der Waals surface area contributed by atoms with E-state index in [1.807, 2.05) is 31.2 Å². The third-order valence-corrected chi connectivity index (χ3v) is 7.51. The third-order valence-electron chi connectivity index (χ3n) is 5.67. The number of hydrogen-bond donors (Lipinski definition) is 0. The van der Waals surface area contributed by atoms with E-state index in [1.54, 1.807) is 11.8 Å². The number of rotatable bonds is 3. The maximum atomic E-state index is 12.5. The molecule has 2 bridgehead atoms. The lowest BCUT2D eigenvalue weighted by atomic mass is 9.87. The third kappa shape index (κ3) is 2.48. The second-order valence-corrected chi connectivity index (χ2v) is 9.50. The fourth-order valence-electron chi connectivity index (χ4n) is 4.41. The van der Waals surface area contributed by atoms with Crippen molar-refractivity contribution in [2.24, 2.45) is 22.7 Å². The monoisotopic (exact) mass is 377 g/mol. The van der Waals surface area contributed by atoms with E-state index in [1.165, 1.54) is 25.7 Å². The van der Waals surface area contributed by atoms with Crippen molar-refractivity contribution in [2.75, 3.05) is 0 Å². The summed E-state index contributed by atoms with van der Waals surface area (Å²) in [6.07, 6.45) is 6.61. The van der Waals surface area contributed by atoms with Gasteiger partial charge in [0.15, 0.2) is 0 Å². The van der Waals surface area contributed by atoms with E-state index in [4.69, 9.17) is 0 Å². The summed E-state index contributed by atoms with van der Waals surface area (Å²) in [4.78, 5) is 16.9. The van der Waals surface area contributed by atoms with Gasteiger partial charge in [-0.05, 0) is 68.1 Å². The zero-order chi connectivity index (χ0) is 15.3. The van der Waals surface area contributed by atoms with Crippen molar-refractivity contribution in [1.82, 2.24) is 0 Å². The molecule has 0 aromatic heterocycles. The molecule has 0 N–H and O–H groups in total. The Morgan fingerprint density at radius 2 is 2.05 bits per heavy atom. The molecule has 2 aliphatic carbocycles. The average molecular weight is 378 g/mol. The van der Waals surface area contributed by atoms with Gasteiger partial charge in [-0.15, -0.1) is 0 Å². The topological polar surface area (TPSA) is 29.4 Å². The summed E-state index contributed by atoms with van der Waals surface area (Å²) >= 11 is 5.13. The van der Waals surface area contributed by atoms with Gasteiger partial charge in [0.1, 0.15) is 4.75 Å². The SMILES string of the molecule is CC1(c2ccc(Br)cc2)SC(CC2CC3CCC2C3)=NC1=O. The molecule has 116 valence electrons. The zero-order valence-corrected chi connectivity index (χ0v) is 15.1. The van der Waals surface area contributed by atoms with Crippen molar-refractivity contribution in [3.8, 4) is 0 Å². The van der Waals surface area contributed by atoms with Gasteiger partial charge < -0.3 is 0 Å². The highest BCUT2D eigenvalue weighted by Crippen LogP contribution is 2.52. The first kappa shape index (κ1) is 14.9. The minimum absolute atomic E-state index is 0.0120. The van der Waals surface area contributed by atoms with Crippen LogP contribution < -0.4 is 0 Å². The maximum Gasteiger partial charge on any atom is 0.267 e. The summed E-state index contributed by atoms with van der Waals surface area (Å²) in [5.41, 5.74) is 1.05. The molecular formula is C18H20BrNOS. The Bertz CT molecular complexity index is 641. The summed E-state index contributed by atoms with van der Waals surface area (Å²) in [6.45, 7) is 2.01. The van der Waals surface area contributed by atoms with Gasteiger partial charge in [0.2, 0.25) is 0 Å². The number of thioether (sulfide) groups is 1. The van der Waals surface area contributed by atoms with Crippen LogP contribution in [0.25, 0.3) is 0 Å². The molecule has 4 rings (SSSR count). The van der Waals surface area contributed by atoms with Crippen LogP contribution in [-0.4, -0.2) is 11.0 Å². The Morgan fingerprint density at radius 1 is 1.27 bits per heavy atom. The highest BCUT2D eigenvalue weighted by molar-refractivity contribution is 9.10. The molecule has 0 radical (unpaired) electrons. The summed E-state index contributed by atoms with van der Waals surface area (Å²) in [6, 6.07) is 8.07. The molecule has 22 heavy (non-hydrogen) atoms. The van der Waals surface area contributed by atoms with Gasteiger partial charge in [-0.2, -0.15) is 0 Å². The molecule has 0 saturated heterocycles. The molecule has 4 unspecified atom stereocenters. The molecule has 1 heterocycles. The first-order valence-corrected chi connectivity index (χ1v) is 9.72. The second-order valence-electron chi connectivity index (χ2n) is 7.09. The van der Waals surface area contributed by atoms with Crippen LogP contribution in [0.1, 0.15) is 44.6 Å². The normalized spacial score (nSPS) is 36.9. The Labute approximate surface area is 144 Å². The lowest BCUT2D eigenvalue weighted by molar-refractivity contribution is -0.119. The first-order chi connectivity index (χ1) is 10.5. The minimum Gasteiger partial charge on any atom is -0.271 e. The lowest BCUT2D eigenvalue weighted by Crippen LogP contribution is -2.24. The molecule has 1 aromatic carbocycles. The van der Waals surface area contributed by atoms with Gasteiger partial charge in [-0.3, -0.25) is 4.79 Å². The van der Waals surface area contributed by atoms with E-state index in [2.05, 4.69) is 20.9 Å². The molecule has 2 nitrogen and oxygen atoms in total. The van der Waals surface area contributed by atoms with Gasteiger partial charge in [0, 0.05) is 4.47 Å². The number of fused-ring (bicyclic) bond motifs is 2. The maximum absolute atomic E-state index is 12.5. The van der Waals surface area contributed by atoms with Crippen LogP contribution in [0.15, 0.2) is 33.7 Å². The average Bonchev–Trinajstić information content (AvgIpc) is 3.16. The highest BCUT2D eigenvalue weighted by Gasteiger charge is 2.45. The number of hydrogen-bond acceptors (Lipinski definition) is 2. The summed E-state index contributed by atoms with van der Waals surface area (Å²) in [7, 11) is 0. The minimum atomic E-state index is -0.534. The number of halogens is 1. The van der Waals surface area contributed by atoms with Gasteiger partial charge >= 0.3 is 0 Å². The van der Waals surface area contributed by atoms with Gasteiger partial charge in [0.05, 0.1) is 5.04 Å². The fraction of sp³-hybridized carbons (Fsp3) is 0.556. The molecule has 4 atom stereocenters. The molecule has 2 saturated carbocycles. The van der Waals surface area contributed by atoms with Crippen molar-refractivity contribution in [1.29, 1.82) is 0 Å². The second kappa shape index (κ2) is 5.48. The van der Waals surface area contributed by atoms with E-state index in [-0.39, 0.29) is 5.91 Å². The Morgan fingerprint density at radius 3 is 2.68 bits per heavy atom. The van der Waals surface area contributed by atoms with Crippen molar-refractivity contribution >= 4 is 38.6 Å². The molecule has 1 aromatic rings. The predicted octanol–water partition coefficient (Wildman–Crippen LogP) is 5.16. The smallest absolute Gasteiger partial charge is 0.267 e. The largest absolute Gasteiger partial charge is 0.271 e. The Balaban J connectivity index is 1.50. The Kier molecular flexibility index (Phi) is 3.73. The van der Waals surface area contributed by atoms with Crippen molar-refractivity contribution < 1.29 is 4.79 Å². The molecule has 0 spiro atoms. The summed E-state index contributed by atoms with van der Waals surface area (Å²) in [5.74, 6) is 2.63. The number of amides is 1. The number of aliphatic imine (C=N–C) groups is 1. The van der Waals surface area contributed by atoms with E-state index in [0.29, 0.717) is 0 Å². The highest BCUT2D eigenvalue weighted by atomic mass is 79.9. The van der Waals surface area contributed by atoms with Crippen LogP contribution in [0.5, 0.6) is 0 Å². The van der Waals surface area contributed by atoms with Crippen LogP contribution in [0.4, 0.5) is 0 Å².